The van der Waals surface area contributed by atoms with Gasteiger partial charge in [-0.3, -0.25) is 9.05 Å². The topological polar surface area (TPSA) is 76.0 Å². The van der Waals surface area contributed by atoms with Gasteiger partial charge < -0.3 is 10.00 Å². The molecule has 0 spiro atoms. The van der Waals surface area contributed by atoms with Crippen LogP contribution in [0.25, 0.3) is 0 Å². The van der Waals surface area contributed by atoms with Crippen molar-refractivity contribution >= 4 is 7.82 Å². The van der Waals surface area contributed by atoms with E-state index in [1.807, 2.05) is 13.0 Å². The van der Waals surface area contributed by atoms with Crippen LogP contribution in [0.3, 0.4) is 0 Å². The first-order chi connectivity index (χ1) is 13.4. The highest BCUT2D eigenvalue weighted by molar-refractivity contribution is 7.47. The maximum Gasteiger partial charge on any atom is 0.472 e. The molecule has 0 aromatic rings. The average Bonchev–Trinajstić information content (AvgIpc) is 2.68. The third-order valence-corrected chi connectivity index (χ3v) is 5.83. The molecule has 0 aromatic heterocycles. The zero-order valence-corrected chi connectivity index (χ0v) is 19.4. The number of aliphatic hydroxyl groups is 1. The lowest BCUT2D eigenvalue weighted by atomic mass is 10.0. The maximum absolute atomic E-state index is 11.6. The molecule has 168 valence electrons. The van der Waals surface area contributed by atoms with E-state index >= 15 is 0 Å². The number of aliphatic hydroxyl groups excluding tert-OH is 1. The highest BCUT2D eigenvalue weighted by atomic mass is 31.2. The second-order valence-corrected chi connectivity index (χ2v) is 9.27. The molecule has 0 bridgehead atoms. The van der Waals surface area contributed by atoms with E-state index < -0.39 is 13.9 Å². The Morgan fingerprint density at radius 3 is 1.93 bits per heavy atom. The Kier molecular flexibility index (Phi) is 18.7. The molecule has 0 fully saturated rings. The Labute approximate surface area is 173 Å². The second kappa shape index (κ2) is 18.8. The minimum absolute atomic E-state index is 0.0125. The van der Waals surface area contributed by atoms with Crippen LogP contribution in [0.1, 0.15) is 104 Å². The number of phosphoric ester groups is 1. The van der Waals surface area contributed by atoms with E-state index in [4.69, 9.17) is 9.05 Å². The highest BCUT2D eigenvalue weighted by Crippen LogP contribution is 2.43. The Morgan fingerprint density at radius 2 is 1.39 bits per heavy atom. The van der Waals surface area contributed by atoms with Crippen molar-refractivity contribution in [2.75, 3.05) is 13.2 Å². The molecule has 0 saturated heterocycles. The molecular formula is C22H45O5P. The summed E-state index contributed by atoms with van der Waals surface area (Å²) in [4.78, 5) is 9.49. The third kappa shape index (κ3) is 17.9. The van der Waals surface area contributed by atoms with Crippen LogP contribution in [-0.4, -0.2) is 29.3 Å². The summed E-state index contributed by atoms with van der Waals surface area (Å²) in [6, 6.07) is 0. The fourth-order valence-electron chi connectivity index (χ4n) is 2.91. The average molecular weight is 421 g/mol. The van der Waals surface area contributed by atoms with Gasteiger partial charge in [0.1, 0.15) is 0 Å². The number of hydrogen-bond donors (Lipinski definition) is 2. The molecule has 2 N–H and O–H groups in total. The molecule has 0 aliphatic heterocycles. The first-order valence-corrected chi connectivity index (χ1v) is 12.9. The van der Waals surface area contributed by atoms with E-state index in [2.05, 4.69) is 6.92 Å². The number of hydrogen-bond acceptors (Lipinski definition) is 4. The van der Waals surface area contributed by atoms with Crippen LogP contribution in [0, 0.1) is 5.92 Å². The SMILES string of the molecule is CCCCCCCCCCCCC/C=C/[C@@H](O)[C@@H](C)COP(=O)(O)OCCC. The van der Waals surface area contributed by atoms with Gasteiger partial charge in [-0.1, -0.05) is 97.1 Å². The van der Waals surface area contributed by atoms with Gasteiger partial charge in [0, 0.05) is 5.92 Å². The summed E-state index contributed by atoms with van der Waals surface area (Å²) in [6.45, 7) is 6.07. The van der Waals surface area contributed by atoms with Gasteiger partial charge >= 0.3 is 7.82 Å². The largest absolute Gasteiger partial charge is 0.472 e. The summed E-state index contributed by atoms with van der Waals surface area (Å²) in [7, 11) is -4.00. The molecule has 1 unspecified atom stereocenters. The van der Waals surface area contributed by atoms with Crippen LogP contribution in [0.5, 0.6) is 0 Å². The lowest BCUT2D eigenvalue weighted by Gasteiger charge is -2.18. The first kappa shape index (κ1) is 27.8. The zero-order chi connectivity index (χ0) is 21.1. The van der Waals surface area contributed by atoms with Gasteiger partial charge in [0.05, 0.1) is 19.3 Å². The summed E-state index contributed by atoms with van der Waals surface area (Å²) >= 11 is 0. The zero-order valence-electron chi connectivity index (χ0n) is 18.5. The molecule has 0 aromatic carbocycles. The van der Waals surface area contributed by atoms with Crippen LogP contribution in [-0.2, 0) is 13.6 Å². The molecule has 0 heterocycles. The number of phosphoric acid groups is 1. The predicted octanol–water partition coefficient (Wildman–Crippen LogP) is 6.78. The van der Waals surface area contributed by atoms with Gasteiger partial charge in [0.15, 0.2) is 0 Å². The molecule has 0 aliphatic carbocycles. The van der Waals surface area contributed by atoms with Crippen LogP contribution in [0.4, 0.5) is 0 Å². The van der Waals surface area contributed by atoms with Gasteiger partial charge in [0.25, 0.3) is 0 Å². The predicted molar refractivity (Wildman–Crippen MR) is 117 cm³/mol. The second-order valence-electron chi connectivity index (χ2n) is 7.82. The van der Waals surface area contributed by atoms with Crippen molar-refractivity contribution < 1.29 is 23.6 Å². The van der Waals surface area contributed by atoms with E-state index in [1.54, 1.807) is 13.0 Å². The summed E-state index contributed by atoms with van der Waals surface area (Å²) in [6.07, 6.45) is 19.3. The summed E-state index contributed by atoms with van der Waals surface area (Å²) < 4.78 is 21.3. The lowest BCUT2D eigenvalue weighted by Crippen LogP contribution is -2.20. The van der Waals surface area contributed by atoms with Gasteiger partial charge in [0.2, 0.25) is 0 Å². The number of unbranched alkanes of at least 4 members (excludes halogenated alkanes) is 11. The van der Waals surface area contributed by atoms with Crippen molar-refractivity contribution in [3.63, 3.8) is 0 Å². The van der Waals surface area contributed by atoms with Crippen LogP contribution in [0.15, 0.2) is 12.2 Å². The number of allylic oxidation sites excluding steroid dienone is 1. The van der Waals surface area contributed by atoms with E-state index in [0.717, 1.165) is 12.8 Å². The quantitative estimate of drug-likeness (QED) is 0.129. The van der Waals surface area contributed by atoms with Crippen molar-refractivity contribution in [1.29, 1.82) is 0 Å². The van der Waals surface area contributed by atoms with Crippen molar-refractivity contribution in [3.05, 3.63) is 12.2 Å². The third-order valence-electron chi connectivity index (χ3n) is 4.85. The van der Waals surface area contributed by atoms with Crippen molar-refractivity contribution in [3.8, 4) is 0 Å². The molecule has 0 amide bonds. The molecule has 0 radical (unpaired) electrons. The monoisotopic (exact) mass is 420 g/mol. The van der Waals surface area contributed by atoms with Crippen LogP contribution in [0.2, 0.25) is 0 Å². The Bertz CT molecular complexity index is 414. The molecule has 0 saturated carbocycles. The molecule has 0 rings (SSSR count). The smallest absolute Gasteiger partial charge is 0.389 e. The van der Waals surface area contributed by atoms with Crippen LogP contribution >= 0.6 is 7.82 Å². The fourth-order valence-corrected chi connectivity index (χ4v) is 3.82. The number of rotatable bonds is 20. The molecule has 5 nitrogen and oxygen atoms in total. The van der Waals surface area contributed by atoms with Crippen molar-refractivity contribution in [2.24, 2.45) is 5.92 Å². The summed E-state index contributed by atoms with van der Waals surface area (Å²) in [5.41, 5.74) is 0. The Hall–Kier alpha value is -0.190. The van der Waals surface area contributed by atoms with Crippen molar-refractivity contribution in [2.45, 2.75) is 110 Å². The standard InChI is InChI=1S/C22H45O5P/c1-4-6-7-8-9-10-11-12-13-14-15-16-17-18-22(23)21(3)20-27-28(24,25)26-19-5-2/h17-18,21-23H,4-16,19-20H2,1-3H3,(H,24,25)/b18-17+/t21-,22+/m0/s1. The fraction of sp³-hybridized carbons (Fsp3) is 0.909. The summed E-state index contributed by atoms with van der Waals surface area (Å²) in [5, 5.41) is 10.1. The summed E-state index contributed by atoms with van der Waals surface area (Å²) in [5.74, 6) is -0.265. The first-order valence-electron chi connectivity index (χ1n) is 11.4. The normalized spacial score (nSPS) is 16.3. The van der Waals surface area contributed by atoms with E-state index in [-0.39, 0.29) is 19.1 Å². The van der Waals surface area contributed by atoms with Gasteiger partial charge in [-0.25, -0.2) is 4.57 Å². The highest BCUT2D eigenvalue weighted by Gasteiger charge is 2.23. The minimum Gasteiger partial charge on any atom is -0.389 e. The van der Waals surface area contributed by atoms with E-state index in [9.17, 15) is 14.6 Å². The van der Waals surface area contributed by atoms with Gasteiger partial charge in [-0.15, -0.1) is 0 Å². The maximum atomic E-state index is 11.6. The van der Waals surface area contributed by atoms with Crippen molar-refractivity contribution in [1.82, 2.24) is 0 Å². The molecule has 3 atom stereocenters. The van der Waals surface area contributed by atoms with Crippen LogP contribution < -0.4 is 0 Å². The van der Waals surface area contributed by atoms with E-state index in [0.29, 0.717) is 6.42 Å². The Balaban J connectivity index is 3.61. The van der Waals surface area contributed by atoms with Gasteiger partial charge in [-0.05, 0) is 19.3 Å². The Morgan fingerprint density at radius 1 is 0.857 bits per heavy atom. The van der Waals surface area contributed by atoms with Gasteiger partial charge in [-0.2, -0.15) is 0 Å². The molecule has 6 heteroatoms. The molecular weight excluding hydrogens is 375 g/mol. The minimum atomic E-state index is -4.00. The molecule has 0 aliphatic rings. The lowest BCUT2D eigenvalue weighted by molar-refractivity contribution is 0.0888. The van der Waals surface area contributed by atoms with E-state index in [1.165, 1.54) is 64.2 Å². The molecule has 28 heavy (non-hydrogen) atoms.